The smallest absolute Gasteiger partial charge is 0.212 e. The first-order chi connectivity index (χ1) is 15.4. The molecule has 0 radical (unpaired) electrons. The Hall–Kier alpha value is -2.55. The van der Waals surface area contributed by atoms with Gasteiger partial charge in [0, 0.05) is 32.7 Å². The molecule has 6 nitrogen and oxygen atoms in total. The molecule has 32 heavy (non-hydrogen) atoms. The zero-order chi connectivity index (χ0) is 22.3. The molecular formula is C24H27FN4O2S. The van der Waals surface area contributed by atoms with E-state index in [9.17, 15) is 12.8 Å². The van der Waals surface area contributed by atoms with Crippen LogP contribution in [0.3, 0.4) is 0 Å². The van der Waals surface area contributed by atoms with Gasteiger partial charge in [-0.05, 0) is 36.1 Å². The topological polar surface area (TPSA) is 58.4 Å². The minimum atomic E-state index is -3.39. The van der Waals surface area contributed by atoms with E-state index in [-0.39, 0.29) is 5.82 Å². The molecule has 2 aromatic carbocycles. The lowest BCUT2D eigenvalue weighted by Crippen LogP contribution is -2.59. The van der Waals surface area contributed by atoms with Crippen LogP contribution in [0.2, 0.25) is 0 Å². The van der Waals surface area contributed by atoms with Gasteiger partial charge < -0.3 is 4.57 Å². The lowest BCUT2D eigenvalue weighted by atomic mass is 9.85. The minimum absolute atomic E-state index is 0.238. The number of halogens is 1. The van der Waals surface area contributed by atoms with Crippen molar-refractivity contribution in [3.8, 4) is 11.3 Å². The van der Waals surface area contributed by atoms with Crippen LogP contribution in [0.25, 0.3) is 11.3 Å². The molecule has 0 saturated carbocycles. The molecule has 2 aliphatic heterocycles. The highest BCUT2D eigenvalue weighted by molar-refractivity contribution is 7.88. The first-order valence-electron chi connectivity index (χ1n) is 10.9. The quantitative estimate of drug-likeness (QED) is 0.606. The van der Waals surface area contributed by atoms with Gasteiger partial charge in [0.25, 0.3) is 0 Å². The number of imidazole rings is 1. The van der Waals surface area contributed by atoms with Crippen molar-refractivity contribution in [2.45, 2.75) is 31.5 Å². The largest absolute Gasteiger partial charge is 0.325 e. The van der Waals surface area contributed by atoms with E-state index in [1.807, 2.05) is 36.5 Å². The number of rotatable bonds is 4. The fourth-order valence-corrected chi connectivity index (χ4v) is 6.53. The van der Waals surface area contributed by atoms with Crippen molar-refractivity contribution in [1.82, 2.24) is 18.8 Å². The fraction of sp³-hybridized carbons (Fsp3) is 0.375. The van der Waals surface area contributed by atoms with E-state index in [4.69, 9.17) is 4.98 Å². The van der Waals surface area contributed by atoms with E-state index in [1.54, 1.807) is 4.31 Å². The Morgan fingerprint density at radius 2 is 1.66 bits per heavy atom. The van der Waals surface area contributed by atoms with Gasteiger partial charge in [0.1, 0.15) is 11.6 Å². The maximum absolute atomic E-state index is 13.2. The molecule has 0 atom stereocenters. The molecule has 0 bridgehead atoms. The number of sulfonamides is 1. The van der Waals surface area contributed by atoms with E-state index in [2.05, 4.69) is 21.6 Å². The van der Waals surface area contributed by atoms with Crippen molar-refractivity contribution in [2.24, 2.45) is 0 Å². The molecule has 0 amide bonds. The summed E-state index contributed by atoms with van der Waals surface area (Å²) in [5, 5.41) is 0. The molecule has 1 fully saturated rings. The predicted molar refractivity (Wildman–Crippen MR) is 122 cm³/mol. The number of hydrogen-bond donors (Lipinski definition) is 0. The number of nitrogens with zero attached hydrogens (tertiary/aromatic N) is 4. The summed E-state index contributed by atoms with van der Waals surface area (Å²) in [4.78, 5) is 7.09. The molecule has 0 aliphatic carbocycles. The molecule has 1 spiro atoms. The van der Waals surface area contributed by atoms with Gasteiger partial charge in [-0.1, -0.05) is 42.5 Å². The van der Waals surface area contributed by atoms with Crippen LogP contribution in [0.15, 0.2) is 60.8 Å². The zero-order valence-electron chi connectivity index (χ0n) is 18.1. The number of hydrogen-bond acceptors (Lipinski definition) is 4. The summed E-state index contributed by atoms with van der Waals surface area (Å²) in [6.07, 6.45) is 4.53. The van der Waals surface area contributed by atoms with Crippen LogP contribution >= 0.6 is 0 Å². The first-order valence-corrected chi connectivity index (χ1v) is 12.8. The number of benzene rings is 2. The van der Waals surface area contributed by atoms with Gasteiger partial charge in [-0.2, -0.15) is 4.31 Å². The fourth-order valence-electron chi connectivity index (χ4n) is 5.21. The van der Waals surface area contributed by atoms with Gasteiger partial charge >= 0.3 is 0 Å². The molecule has 8 heteroatoms. The molecule has 1 saturated heterocycles. The second kappa shape index (κ2) is 8.10. The van der Waals surface area contributed by atoms with Crippen molar-refractivity contribution in [2.75, 3.05) is 25.9 Å². The summed E-state index contributed by atoms with van der Waals surface area (Å²) in [6, 6.07) is 16.7. The summed E-state index contributed by atoms with van der Waals surface area (Å²) in [7, 11) is -3.39. The molecule has 0 unspecified atom stereocenters. The lowest BCUT2D eigenvalue weighted by Gasteiger charge is -2.49. The van der Waals surface area contributed by atoms with Crippen LogP contribution in [0.5, 0.6) is 0 Å². The third-order valence-electron chi connectivity index (χ3n) is 6.75. The first kappa shape index (κ1) is 21.3. The van der Waals surface area contributed by atoms with Crippen LogP contribution in [-0.2, 0) is 28.7 Å². The van der Waals surface area contributed by atoms with Gasteiger partial charge in [0.2, 0.25) is 10.0 Å². The van der Waals surface area contributed by atoms with Crippen LogP contribution < -0.4 is 0 Å². The average Bonchev–Trinajstić information content (AvgIpc) is 3.22. The van der Waals surface area contributed by atoms with Gasteiger partial charge in [-0.15, -0.1) is 0 Å². The van der Waals surface area contributed by atoms with Crippen molar-refractivity contribution >= 4 is 10.0 Å². The highest BCUT2D eigenvalue weighted by Crippen LogP contribution is 2.43. The van der Waals surface area contributed by atoms with Gasteiger partial charge in [-0.3, -0.25) is 4.90 Å². The monoisotopic (exact) mass is 454 g/mol. The Labute approximate surface area is 188 Å². The lowest BCUT2D eigenvalue weighted by molar-refractivity contribution is 0.0457. The Morgan fingerprint density at radius 1 is 0.969 bits per heavy atom. The van der Waals surface area contributed by atoms with Crippen molar-refractivity contribution in [1.29, 1.82) is 0 Å². The van der Waals surface area contributed by atoms with Crippen LogP contribution in [0, 0.1) is 5.82 Å². The summed E-state index contributed by atoms with van der Waals surface area (Å²) >= 11 is 0. The maximum Gasteiger partial charge on any atom is 0.212 e. The van der Waals surface area contributed by atoms with E-state index < -0.39 is 15.6 Å². The Morgan fingerprint density at radius 3 is 2.31 bits per heavy atom. The van der Waals surface area contributed by atoms with Crippen molar-refractivity contribution in [3.63, 3.8) is 0 Å². The minimum Gasteiger partial charge on any atom is -0.325 e. The Balaban J connectivity index is 1.46. The SMILES string of the molecule is CS(=O)(=O)N1CCn2c(-c3ccccc3)cnc2C12CCN(Cc1ccc(F)cc1)CC2. The summed E-state index contributed by atoms with van der Waals surface area (Å²) in [6.45, 7) is 3.25. The maximum atomic E-state index is 13.2. The normalized spacial score (nSPS) is 19.2. The average molecular weight is 455 g/mol. The number of aromatic nitrogens is 2. The van der Waals surface area contributed by atoms with Crippen molar-refractivity contribution < 1.29 is 12.8 Å². The van der Waals surface area contributed by atoms with Crippen molar-refractivity contribution in [3.05, 3.63) is 78.0 Å². The van der Waals surface area contributed by atoms with Crippen LogP contribution in [-0.4, -0.2) is 53.1 Å². The third kappa shape index (κ3) is 3.76. The summed E-state index contributed by atoms with van der Waals surface area (Å²) < 4.78 is 42.7. The molecule has 3 aromatic rings. The molecule has 3 heterocycles. The highest BCUT2D eigenvalue weighted by Gasteiger charge is 2.50. The van der Waals surface area contributed by atoms with E-state index in [1.165, 1.54) is 18.4 Å². The molecule has 5 rings (SSSR count). The Bertz CT molecular complexity index is 1200. The Kier molecular flexibility index (Phi) is 5.39. The van der Waals surface area contributed by atoms with Gasteiger partial charge in [0.05, 0.1) is 23.7 Å². The van der Waals surface area contributed by atoms with Gasteiger partial charge in [0.15, 0.2) is 0 Å². The number of piperidine rings is 1. The van der Waals surface area contributed by atoms with E-state index in [0.717, 1.165) is 42.3 Å². The predicted octanol–water partition coefficient (Wildman–Crippen LogP) is 3.46. The summed E-state index contributed by atoms with van der Waals surface area (Å²) in [5.74, 6) is 0.605. The summed E-state index contributed by atoms with van der Waals surface area (Å²) in [5.41, 5.74) is 2.53. The molecule has 168 valence electrons. The van der Waals surface area contributed by atoms with Crippen LogP contribution in [0.1, 0.15) is 24.2 Å². The number of likely N-dealkylation sites (tertiary alicyclic amines) is 1. The second-order valence-corrected chi connectivity index (χ2v) is 10.7. The zero-order valence-corrected chi connectivity index (χ0v) is 18.9. The van der Waals surface area contributed by atoms with E-state index in [0.29, 0.717) is 25.9 Å². The second-order valence-electron chi connectivity index (χ2n) is 8.75. The molecular weight excluding hydrogens is 427 g/mol. The van der Waals surface area contributed by atoms with E-state index >= 15 is 0 Å². The van der Waals surface area contributed by atoms with Crippen LogP contribution in [0.4, 0.5) is 4.39 Å². The third-order valence-corrected chi connectivity index (χ3v) is 8.08. The molecule has 0 N–H and O–H groups in total. The standard InChI is InChI=1S/C24H27FN4O2S/c1-32(30,31)29-16-15-28-22(20-5-3-2-4-6-20)17-26-23(28)24(29)11-13-27(14-12-24)18-19-7-9-21(25)10-8-19/h2-10,17H,11-16,18H2,1H3. The molecule has 1 aromatic heterocycles. The highest BCUT2D eigenvalue weighted by atomic mass is 32.2. The van der Waals surface area contributed by atoms with Gasteiger partial charge in [-0.25, -0.2) is 17.8 Å². The molecule has 2 aliphatic rings. The number of fused-ring (bicyclic) bond motifs is 2.